The number of carbonyl (C=O) groups is 1. The van der Waals surface area contributed by atoms with Gasteiger partial charge < -0.3 is 15.2 Å². The first-order valence-corrected chi connectivity index (χ1v) is 10.3. The van der Waals surface area contributed by atoms with Gasteiger partial charge in [0.15, 0.2) is 0 Å². The Bertz CT molecular complexity index is 1060. The summed E-state index contributed by atoms with van der Waals surface area (Å²) in [5.74, 6) is -0.284. The Balaban J connectivity index is 0.000000269. The summed E-state index contributed by atoms with van der Waals surface area (Å²) in [6.07, 6.45) is -8.26. The van der Waals surface area contributed by atoms with Crippen molar-refractivity contribution in [2.24, 2.45) is 0 Å². The van der Waals surface area contributed by atoms with E-state index < -0.39 is 29.4 Å². The number of ether oxygens (including phenoxy) is 1. The summed E-state index contributed by atoms with van der Waals surface area (Å²) >= 11 is 0. The molecule has 0 aliphatic heterocycles. The van der Waals surface area contributed by atoms with Crippen LogP contribution in [0.15, 0.2) is 72.8 Å². The molecule has 3 aromatic rings. The highest BCUT2D eigenvalue weighted by atomic mass is 19.4. The largest absolute Gasteiger partial charge is 0.497 e. The predicted octanol–water partition coefficient (Wildman–Crippen LogP) is 6.70. The monoisotopic (exact) mass is 499 g/mol. The van der Waals surface area contributed by atoms with Crippen molar-refractivity contribution in [3.05, 3.63) is 95.1 Å². The van der Waals surface area contributed by atoms with Gasteiger partial charge in [-0.1, -0.05) is 24.3 Å². The Hall–Kier alpha value is -3.69. The van der Waals surface area contributed by atoms with Gasteiger partial charge in [0.1, 0.15) is 5.75 Å². The van der Waals surface area contributed by atoms with Gasteiger partial charge in [0, 0.05) is 12.2 Å². The van der Waals surface area contributed by atoms with Crippen molar-refractivity contribution in [2.75, 3.05) is 19.0 Å². The fraction of sp³-hybridized carbons (Fsp3) is 0.240. The molecule has 4 nitrogen and oxygen atoms in total. The highest BCUT2D eigenvalue weighted by molar-refractivity contribution is 5.70. The Morgan fingerprint density at radius 1 is 0.771 bits per heavy atom. The average Bonchev–Trinajstić information content (AvgIpc) is 2.79. The summed E-state index contributed by atoms with van der Waals surface area (Å²) < 4.78 is 78.6. The summed E-state index contributed by atoms with van der Waals surface area (Å²) in [4.78, 5) is 10.2. The van der Waals surface area contributed by atoms with Gasteiger partial charge in [0.05, 0.1) is 24.7 Å². The first kappa shape index (κ1) is 27.6. The summed E-state index contributed by atoms with van der Waals surface area (Å²) in [5.41, 5.74) is 0.776. The number of carboxylic acids is 1. The molecule has 0 unspecified atom stereocenters. The van der Waals surface area contributed by atoms with Crippen molar-refractivity contribution in [3.63, 3.8) is 0 Å². The molecule has 3 aromatic carbocycles. The zero-order chi connectivity index (χ0) is 26.1. The van der Waals surface area contributed by atoms with Crippen molar-refractivity contribution >= 4 is 11.7 Å². The van der Waals surface area contributed by atoms with Gasteiger partial charge in [-0.2, -0.15) is 26.3 Å². The smallest absolute Gasteiger partial charge is 0.416 e. The van der Waals surface area contributed by atoms with E-state index in [9.17, 15) is 31.1 Å². The van der Waals surface area contributed by atoms with Crippen LogP contribution in [0.25, 0.3) is 0 Å². The number of carboxylic acid groups (broad SMARTS) is 1. The molecule has 0 heterocycles. The first-order chi connectivity index (χ1) is 16.4. The number of aliphatic carboxylic acids is 1. The molecule has 10 heteroatoms. The number of nitrogens with one attached hydrogen (secondary N) is 1. The van der Waals surface area contributed by atoms with E-state index in [1.807, 2.05) is 24.3 Å². The average molecular weight is 499 g/mol. The molecule has 3 rings (SSSR count). The molecule has 0 atom stereocenters. The molecule has 2 N–H and O–H groups in total. The zero-order valence-electron chi connectivity index (χ0n) is 18.6. The van der Waals surface area contributed by atoms with Crippen LogP contribution in [0.4, 0.5) is 32.0 Å². The Labute approximate surface area is 198 Å². The Morgan fingerprint density at radius 2 is 1.23 bits per heavy atom. The molecule has 35 heavy (non-hydrogen) atoms. The minimum absolute atomic E-state index is 0.266. The minimum Gasteiger partial charge on any atom is -0.497 e. The van der Waals surface area contributed by atoms with E-state index in [-0.39, 0.29) is 6.42 Å². The van der Waals surface area contributed by atoms with Crippen LogP contribution >= 0.6 is 0 Å². The van der Waals surface area contributed by atoms with E-state index >= 15 is 0 Å². The maximum Gasteiger partial charge on any atom is 0.416 e. The topological polar surface area (TPSA) is 58.6 Å². The molecule has 0 radical (unpaired) electrons. The lowest BCUT2D eigenvalue weighted by atomic mass is 10.1. The van der Waals surface area contributed by atoms with Crippen molar-refractivity contribution in [3.8, 4) is 5.75 Å². The molecule has 0 saturated heterocycles. The van der Waals surface area contributed by atoms with E-state index in [1.54, 1.807) is 7.11 Å². The van der Waals surface area contributed by atoms with E-state index in [0.717, 1.165) is 53.4 Å². The molecule has 0 aromatic heterocycles. The number of benzene rings is 3. The number of alkyl halides is 6. The van der Waals surface area contributed by atoms with Crippen molar-refractivity contribution in [2.45, 2.75) is 25.2 Å². The van der Waals surface area contributed by atoms with Crippen LogP contribution in [-0.2, 0) is 30.0 Å². The molecule has 188 valence electrons. The Kier molecular flexibility index (Phi) is 9.56. The standard InChI is InChI=1S/C16H16F3NO.C9H7F3O2/c1-21-15-8-6-14(7-9-15)20-11-10-12-2-4-13(5-3-12)16(17,18)19;10-9(11,12)7-3-1-6(2-4-7)5-8(13)14/h2-9,20H,10-11H2,1H3;1-4H,5H2,(H,13,14). The van der Waals surface area contributed by atoms with Gasteiger partial charge in [-0.25, -0.2) is 0 Å². The van der Waals surface area contributed by atoms with E-state index in [0.29, 0.717) is 18.5 Å². The second kappa shape index (κ2) is 12.1. The lowest BCUT2D eigenvalue weighted by molar-refractivity contribution is -0.138. The normalized spacial score (nSPS) is 11.3. The van der Waals surface area contributed by atoms with Gasteiger partial charge >= 0.3 is 18.3 Å². The summed E-state index contributed by atoms with van der Waals surface area (Å²) in [5, 5.41) is 11.6. The van der Waals surface area contributed by atoms with Crippen LogP contribution in [0.1, 0.15) is 22.3 Å². The second-order valence-electron chi connectivity index (χ2n) is 7.37. The van der Waals surface area contributed by atoms with Crippen molar-refractivity contribution in [1.82, 2.24) is 0 Å². The van der Waals surface area contributed by atoms with E-state index in [1.165, 1.54) is 12.1 Å². The Morgan fingerprint density at radius 3 is 1.63 bits per heavy atom. The first-order valence-electron chi connectivity index (χ1n) is 10.3. The zero-order valence-corrected chi connectivity index (χ0v) is 18.6. The maximum absolute atomic E-state index is 12.4. The number of rotatable bonds is 7. The second-order valence-corrected chi connectivity index (χ2v) is 7.37. The molecule has 0 saturated carbocycles. The third-order valence-electron chi connectivity index (χ3n) is 4.75. The molecule has 0 aliphatic carbocycles. The van der Waals surface area contributed by atoms with Gasteiger partial charge in [0.25, 0.3) is 0 Å². The third kappa shape index (κ3) is 9.60. The molecule has 0 bridgehead atoms. The van der Waals surface area contributed by atoms with E-state index in [2.05, 4.69) is 5.32 Å². The van der Waals surface area contributed by atoms with Crippen LogP contribution < -0.4 is 10.1 Å². The molecular formula is C25H23F6NO3. The van der Waals surface area contributed by atoms with Crippen LogP contribution in [0.3, 0.4) is 0 Å². The highest BCUT2D eigenvalue weighted by Gasteiger charge is 2.30. The van der Waals surface area contributed by atoms with Crippen LogP contribution in [0, 0.1) is 0 Å². The molecule has 0 aliphatic rings. The molecule has 0 spiro atoms. The third-order valence-corrected chi connectivity index (χ3v) is 4.75. The van der Waals surface area contributed by atoms with Crippen molar-refractivity contribution < 1.29 is 41.0 Å². The fourth-order valence-corrected chi connectivity index (χ4v) is 2.91. The lowest BCUT2D eigenvalue weighted by Crippen LogP contribution is -2.07. The number of anilines is 1. The van der Waals surface area contributed by atoms with Crippen LogP contribution in [-0.4, -0.2) is 24.7 Å². The van der Waals surface area contributed by atoms with Gasteiger partial charge in [-0.3, -0.25) is 4.79 Å². The SMILES string of the molecule is COc1ccc(NCCc2ccc(C(F)(F)F)cc2)cc1.O=C(O)Cc1ccc(C(F)(F)F)cc1. The number of halogens is 6. The van der Waals surface area contributed by atoms with E-state index in [4.69, 9.17) is 9.84 Å². The minimum atomic E-state index is -4.37. The van der Waals surface area contributed by atoms with Gasteiger partial charge in [0.2, 0.25) is 0 Å². The quantitative estimate of drug-likeness (QED) is 0.355. The van der Waals surface area contributed by atoms with Crippen LogP contribution in [0.2, 0.25) is 0 Å². The molecule has 0 amide bonds. The summed E-state index contributed by atoms with van der Waals surface area (Å²) in [7, 11) is 1.60. The summed E-state index contributed by atoms with van der Waals surface area (Å²) in [6.45, 7) is 0.650. The van der Waals surface area contributed by atoms with Gasteiger partial charge in [-0.05, 0) is 66.1 Å². The predicted molar refractivity (Wildman–Crippen MR) is 119 cm³/mol. The maximum atomic E-state index is 12.4. The molecule has 0 fully saturated rings. The van der Waals surface area contributed by atoms with Gasteiger partial charge in [-0.15, -0.1) is 0 Å². The lowest BCUT2D eigenvalue weighted by Gasteiger charge is -2.09. The summed E-state index contributed by atoms with van der Waals surface area (Å²) in [6, 6.07) is 16.8. The fourth-order valence-electron chi connectivity index (χ4n) is 2.91. The number of methoxy groups -OCH3 is 1. The van der Waals surface area contributed by atoms with Crippen molar-refractivity contribution in [1.29, 1.82) is 0 Å². The van der Waals surface area contributed by atoms with Crippen LogP contribution in [0.5, 0.6) is 5.75 Å². The highest BCUT2D eigenvalue weighted by Crippen LogP contribution is 2.30. The number of hydrogen-bond donors (Lipinski definition) is 2. The number of hydrogen-bond acceptors (Lipinski definition) is 3. The molecular weight excluding hydrogens is 476 g/mol.